The first kappa shape index (κ1) is 16.1. The molecular formula is C12H22N4OS2. The Morgan fingerprint density at radius 1 is 1.53 bits per heavy atom. The molecule has 0 saturated heterocycles. The minimum absolute atomic E-state index is 0.126. The van der Waals surface area contributed by atoms with Crippen molar-refractivity contribution in [3.63, 3.8) is 0 Å². The SMILES string of the molecule is CCN(CC)c1nc(N)c(C(=O)NC(C)CSC)s1. The summed E-state index contributed by atoms with van der Waals surface area (Å²) in [5.41, 5.74) is 5.85. The number of thiazole rings is 1. The minimum Gasteiger partial charge on any atom is -0.382 e. The molecule has 108 valence electrons. The van der Waals surface area contributed by atoms with E-state index in [4.69, 9.17) is 5.73 Å². The van der Waals surface area contributed by atoms with Crippen molar-refractivity contribution in [2.24, 2.45) is 0 Å². The van der Waals surface area contributed by atoms with Crippen LogP contribution in [0.5, 0.6) is 0 Å². The molecule has 0 aliphatic rings. The van der Waals surface area contributed by atoms with Crippen LogP contribution in [-0.2, 0) is 0 Å². The van der Waals surface area contributed by atoms with Crippen LogP contribution in [-0.4, -0.2) is 42.0 Å². The van der Waals surface area contributed by atoms with E-state index in [2.05, 4.69) is 29.0 Å². The highest BCUT2D eigenvalue weighted by Crippen LogP contribution is 2.27. The van der Waals surface area contributed by atoms with Gasteiger partial charge in [-0.1, -0.05) is 11.3 Å². The molecule has 0 radical (unpaired) electrons. The largest absolute Gasteiger partial charge is 0.382 e. The molecule has 0 fully saturated rings. The summed E-state index contributed by atoms with van der Waals surface area (Å²) in [6, 6.07) is 0.126. The smallest absolute Gasteiger partial charge is 0.265 e. The summed E-state index contributed by atoms with van der Waals surface area (Å²) in [5.74, 6) is 1.07. The Labute approximate surface area is 123 Å². The van der Waals surface area contributed by atoms with Gasteiger partial charge in [-0.05, 0) is 27.0 Å². The third-order valence-electron chi connectivity index (χ3n) is 2.68. The molecule has 0 aliphatic heterocycles. The summed E-state index contributed by atoms with van der Waals surface area (Å²) in [6.45, 7) is 7.81. The van der Waals surface area contributed by atoms with E-state index in [1.165, 1.54) is 11.3 Å². The highest BCUT2D eigenvalue weighted by Gasteiger charge is 2.19. The van der Waals surface area contributed by atoms with Gasteiger partial charge >= 0.3 is 0 Å². The summed E-state index contributed by atoms with van der Waals surface area (Å²) >= 11 is 3.06. The van der Waals surface area contributed by atoms with Crippen LogP contribution in [0.4, 0.5) is 10.9 Å². The first-order chi connectivity index (χ1) is 9.03. The molecule has 0 bridgehead atoms. The molecule has 0 spiro atoms. The fourth-order valence-electron chi connectivity index (χ4n) is 1.69. The van der Waals surface area contributed by atoms with Crippen molar-refractivity contribution in [1.29, 1.82) is 0 Å². The highest BCUT2D eigenvalue weighted by molar-refractivity contribution is 7.98. The van der Waals surface area contributed by atoms with Crippen molar-refractivity contribution in [3.05, 3.63) is 4.88 Å². The predicted octanol–water partition coefficient (Wildman–Crippen LogP) is 2.05. The van der Waals surface area contributed by atoms with Gasteiger partial charge in [0.25, 0.3) is 5.91 Å². The molecule has 19 heavy (non-hydrogen) atoms. The Morgan fingerprint density at radius 2 is 2.16 bits per heavy atom. The average molecular weight is 302 g/mol. The first-order valence-corrected chi connectivity index (χ1v) is 8.55. The lowest BCUT2D eigenvalue weighted by molar-refractivity contribution is 0.0948. The molecule has 1 atom stereocenters. The Hall–Kier alpha value is -0.950. The lowest BCUT2D eigenvalue weighted by Crippen LogP contribution is -2.34. The molecule has 1 aromatic heterocycles. The maximum Gasteiger partial charge on any atom is 0.265 e. The maximum absolute atomic E-state index is 12.1. The van der Waals surface area contributed by atoms with Gasteiger partial charge in [-0.2, -0.15) is 11.8 Å². The van der Waals surface area contributed by atoms with Crippen molar-refractivity contribution in [3.8, 4) is 0 Å². The van der Waals surface area contributed by atoms with E-state index in [1.807, 2.05) is 13.2 Å². The molecule has 5 nitrogen and oxygen atoms in total. The number of hydrogen-bond donors (Lipinski definition) is 2. The normalized spacial score (nSPS) is 12.2. The van der Waals surface area contributed by atoms with Gasteiger partial charge in [-0.3, -0.25) is 4.79 Å². The summed E-state index contributed by atoms with van der Waals surface area (Å²) in [7, 11) is 0. The molecular weight excluding hydrogens is 280 g/mol. The van der Waals surface area contributed by atoms with Crippen LogP contribution < -0.4 is 16.0 Å². The van der Waals surface area contributed by atoms with Crippen LogP contribution in [0.25, 0.3) is 0 Å². The second-order valence-corrected chi connectivity index (χ2v) is 6.10. The number of nitrogens with zero attached hydrogens (tertiary/aromatic N) is 2. The number of hydrogen-bond acceptors (Lipinski definition) is 6. The second-order valence-electron chi connectivity index (χ2n) is 4.21. The number of anilines is 2. The fraction of sp³-hybridized carbons (Fsp3) is 0.667. The zero-order valence-electron chi connectivity index (χ0n) is 11.9. The summed E-state index contributed by atoms with van der Waals surface area (Å²) in [4.78, 5) is 19.0. The van der Waals surface area contributed by atoms with E-state index < -0.39 is 0 Å². The number of nitrogens with one attached hydrogen (secondary N) is 1. The number of carbonyl (C=O) groups is 1. The van der Waals surface area contributed by atoms with Crippen molar-refractivity contribution in [2.75, 3.05) is 35.7 Å². The fourth-order valence-corrected chi connectivity index (χ4v) is 3.29. The van der Waals surface area contributed by atoms with E-state index in [0.717, 1.165) is 24.0 Å². The molecule has 1 unspecified atom stereocenters. The highest BCUT2D eigenvalue weighted by atomic mass is 32.2. The standard InChI is InChI=1S/C12H22N4OS2/c1-5-16(6-2)12-15-10(13)9(19-12)11(17)14-8(3)7-18-4/h8H,5-7,13H2,1-4H3,(H,14,17). The zero-order valence-corrected chi connectivity index (χ0v) is 13.5. The molecule has 1 amide bonds. The number of amides is 1. The van der Waals surface area contributed by atoms with Gasteiger partial charge in [0.15, 0.2) is 5.13 Å². The lowest BCUT2D eigenvalue weighted by atomic mass is 10.3. The van der Waals surface area contributed by atoms with Crippen LogP contribution >= 0.6 is 23.1 Å². The van der Waals surface area contributed by atoms with Crippen LogP contribution in [0.15, 0.2) is 0 Å². The van der Waals surface area contributed by atoms with Gasteiger partial charge in [0.2, 0.25) is 0 Å². The zero-order chi connectivity index (χ0) is 14.4. The molecule has 0 aliphatic carbocycles. The average Bonchev–Trinajstić information content (AvgIpc) is 2.73. The van der Waals surface area contributed by atoms with Gasteiger partial charge in [0, 0.05) is 24.9 Å². The van der Waals surface area contributed by atoms with Gasteiger partial charge in [-0.15, -0.1) is 0 Å². The van der Waals surface area contributed by atoms with Gasteiger partial charge in [0.1, 0.15) is 10.7 Å². The number of nitrogen functional groups attached to an aromatic ring is 1. The van der Waals surface area contributed by atoms with E-state index in [9.17, 15) is 4.79 Å². The predicted molar refractivity (Wildman–Crippen MR) is 85.4 cm³/mol. The Balaban J connectivity index is 2.80. The first-order valence-electron chi connectivity index (χ1n) is 6.34. The van der Waals surface area contributed by atoms with Crippen LogP contribution in [0.3, 0.4) is 0 Å². The topological polar surface area (TPSA) is 71.2 Å². The summed E-state index contributed by atoms with van der Waals surface area (Å²) in [5, 5.41) is 3.75. The molecule has 0 aromatic carbocycles. The minimum atomic E-state index is -0.130. The third kappa shape index (κ3) is 4.28. The number of rotatable bonds is 7. The molecule has 0 saturated carbocycles. The quantitative estimate of drug-likeness (QED) is 0.806. The maximum atomic E-state index is 12.1. The summed E-state index contributed by atoms with van der Waals surface area (Å²) < 4.78 is 0. The second kappa shape index (κ2) is 7.59. The van der Waals surface area contributed by atoms with Crippen molar-refractivity contribution in [2.45, 2.75) is 26.8 Å². The monoisotopic (exact) mass is 302 g/mol. The van der Waals surface area contributed by atoms with Crippen LogP contribution in [0, 0.1) is 0 Å². The number of aromatic nitrogens is 1. The third-order valence-corrected chi connectivity index (χ3v) is 4.64. The Kier molecular flexibility index (Phi) is 6.44. The number of carbonyl (C=O) groups excluding carboxylic acids is 1. The Bertz CT molecular complexity index is 418. The van der Waals surface area contributed by atoms with Gasteiger partial charge in [0.05, 0.1) is 0 Å². The molecule has 1 heterocycles. The summed E-state index contributed by atoms with van der Waals surface area (Å²) in [6.07, 6.45) is 2.02. The molecule has 3 N–H and O–H groups in total. The van der Waals surface area contributed by atoms with Gasteiger partial charge in [-0.25, -0.2) is 4.98 Å². The van der Waals surface area contributed by atoms with E-state index in [-0.39, 0.29) is 11.9 Å². The van der Waals surface area contributed by atoms with E-state index in [0.29, 0.717) is 10.7 Å². The lowest BCUT2D eigenvalue weighted by Gasteiger charge is -2.16. The molecule has 7 heteroatoms. The molecule has 1 aromatic rings. The number of nitrogens with two attached hydrogens (primary N) is 1. The molecule has 1 rings (SSSR count). The van der Waals surface area contributed by atoms with Crippen molar-refractivity contribution < 1.29 is 4.79 Å². The van der Waals surface area contributed by atoms with Gasteiger partial charge < -0.3 is 16.0 Å². The Morgan fingerprint density at radius 3 is 2.68 bits per heavy atom. The van der Waals surface area contributed by atoms with E-state index >= 15 is 0 Å². The van der Waals surface area contributed by atoms with Crippen LogP contribution in [0.2, 0.25) is 0 Å². The van der Waals surface area contributed by atoms with Crippen LogP contribution in [0.1, 0.15) is 30.4 Å². The van der Waals surface area contributed by atoms with Crippen molar-refractivity contribution in [1.82, 2.24) is 10.3 Å². The van der Waals surface area contributed by atoms with E-state index in [1.54, 1.807) is 11.8 Å². The number of thioether (sulfide) groups is 1. The van der Waals surface area contributed by atoms with Crippen molar-refractivity contribution >= 4 is 40.0 Å².